The maximum atomic E-state index is 13.3. The number of nitrogens with one attached hydrogen (secondary N) is 2. The molecule has 3 N–H and O–H groups in total. The molecule has 2 atom stereocenters. The van der Waals surface area contributed by atoms with Crippen molar-refractivity contribution in [2.45, 2.75) is 76.8 Å². The Kier molecular flexibility index (Phi) is 21.7. The summed E-state index contributed by atoms with van der Waals surface area (Å²) in [6.45, 7) is 13.4. The molecule has 4 rings (SSSR count). The molecule has 0 aliphatic carbocycles. The smallest absolute Gasteiger partial charge is 0.125 e. The summed E-state index contributed by atoms with van der Waals surface area (Å²) in [5.74, 6) is 2.28. The van der Waals surface area contributed by atoms with Gasteiger partial charge in [0.2, 0.25) is 0 Å². The molecule has 50 heavy (non-hydrogen) atoms. The zero-order chi connectivity index (χ0) is 36.5. The molecule has 0 aromatic heterocycles. The fourth-order valence-corrected chi connectivity index (χ4v) is 5.67. The molecule has 0 amide bonds. The molecule has 0 aliphatic heterocycles. The van der Waals surface area contributed by atoms with Gasteiger partial charge >= 0.3 is 0 Å². The minimum Gasteiger partial charge on any atom is -0.497 e. The number of rotatable bonds is 19. The summed E-state index contributed by atoms with van der Waals surface area (Å²) in [5.41, 5.74) is 2.16. The van der Waals surface area contributed by atoms with Crippen LogP contribution in [-0.4, -0.2) is 54.9 Å². The third-order valence-electron chi connectivity index (χ3n) is 7.64. The van der Waals surface area contributed by atoms with Crippen molar-refractivity contribution in [1.82, 2.24) is 10.0 Å². The van der Waals surface area contributed by atoms with Crippen LogP contribution in [0.3, 0.4) is 0 Å². The lowest BCUT2D eigenvalue weighted by molar-refractivity contribution is -0.0346. The van der Waals surface area contributed by atoms with E-state index in [9.17, 15) is 4.21 Å². The SMILES string of the molecule is CCO.COc1ccc(CCCNCC(NS(=O)c2ccc(OCCC(C)(C)OCCC(C)C)cc2)c2ccccc2)cc1.c1ccccc1. The van der Waals surface area contributed by atoms with Crippen LogP contribution in [0.5, 0.6) is 11.5 Å². The molecule has 0 bridgehead atoms. The van der Waals surface area contributed by atoms with Gasteiger partial charge in [-0.15, -0.1) is 0 Å². The minimum atomic E-state index is -1.37. The van der Waals surface area contributed by atoms with Crippen LogP contribution in [0.1, 0.15) is 71.0 Å². The quantitative estimate of drug-likeness (QED) is 0.0848. The molecule has 0 fully saturated rings. The van der Waals surface area contributed by atoms with Crippen LogP contribution in [0.2, 0.25) is 0 Å². The molecular weight excluding hydrogens is 645 g/mol. The lowest BCUT2D eigenvalue weighted by Crippen LogP contribution is -2.33. The fraction of sp³-hybridized carbons (Fsp3) is 0.429. The summed E-state index contributed by atoms with van der Waals surface area (Å²) in [6, 6.07) is 37.8. The van der Waals surface area contributed by atoms with Crippen molar-refractivity contribution in [3.05, 3.63) is 126 Å². The predicted molar refractivity (Wildman–Crippen MR) is 208 cm³/mol. The minimum absolute atomic E-state index is 0.0909. The van der Waals surface area contributed by atoms with Crippen LogP contribution in [-0.2, 0) is 22.1 Å². The Morgan fingerprint density at radius 3 is 1.92 bits per heavy atom. The number of methoxy groups -OCH3 is 1. The first kappa shape index (κ1) is 42.6. The first-order chi connectivity index (χ1) is 24.2. The van der Waals surface area contributed by atoms with Gasteiger partial charge in [-0.2, -0.15) is 0 Å². The highest BCUT2D eigenvalue weighted by Gasteiger charge is 2.19. The van der Waals surface area contributed by atoms with Crippen LogP contribution in [0.25, 0.3) is 0 Å². The van der Waals surface area contributed by atoms with Gasteiger partial charge in [-0.05, 0) is 100 Å². The molecule has 0 spiro atoms. The summed E-state index contributed by atoms with van der Waals surface area (Å²) in [4.78, 5) is 0.718. The molecule has 0 heterocycles. The van der Waals surface area contributed by atoms with E-state index in [-0.39, 0.29) is 18.2 Å². The van der Waals surface area contributed by atoms with Crippen molar-refractivity contribution in [3.8, 4) is 11.5 Å². The highest BCUT2D eigenvalue weighted by atomic mass is 32.2. The number of aliphatic hydroxyl groups excluding tert-OH is 1. The van der Waals surface area contributed by atoms with Gasteiger partial charge in [-0.25, -0.2) is 8.93 Å². The maximum Gasteiger partial charge on any atom is 0.125 e. The van der Waals surface area contributed by atoms with E-state index in [1.165, 1.54) is 5.56 Å². The molecule has 0 saturated carbocycles. The number of benzene rings is 4. The van der Waals surface area contributed by atoms with Gasteiger partial charge in [0.25, 0.3) is 0 Å². The van der Waals surface area contributed by atoms with Gasteiger partial charge in [0, 0.05) is 26.2 Å². The number of ether oxygens (including phenoxy) is 3. The van der Waals surface area contributed by atoms with E-state index in [1.54, 1.807) is 14.0 Å². The molecule has 7 nitrogen and oxygen atoms in total. The summed E-state index contributed by atoms with van der Waals surface area (Å²) in [6.07, 6.45) is 3.86. The summed E-state index contributed by atoms with van der Waals surface area (Å²) in [5, 5.41) is 11.1. The van der Waals surface area contributed by atoms with Crippen molar-refractivity contribution in [2.24, 2.45) is 5.92 Å². The van der Waals surface area contributed by atoms with Crippen LogP contribution in [0.4, 0.5) is 0 Å². The lowest BCUT2D eigenvalue weighted by Gasteiger charge is -2.26. The third-order valence-corrected chi connectivity index (χ3v) is 8.84. The van der Waals surface area contributed by atoms with Crippen molar-refractivity contribution in [3.63, 3.8) is 0 Å². The van der Waals surface area contributed by atoms with Crippen molar-refractivity contribution >= 4 is 11.0 Å². The van der Waals surface area contributed by atoms with Gasteiger partial charge in [-0.1, -0.05) is 92.7 Å². The van der Waals surface area contributed by atoms with Gasteiger partial charge in [0.1, 0.15) is 22.5 Å². The van der Waals surface area contributed by atoms with Crippen molar-refractivity contribution < 1.29 is 23.5 Å². The number of hydrogen-bond donors (Lipinski definition) is 3. The van der Waals surface area contributed by atoms with Crippen LogP contribution in [0, 0.1) is 5.92 Å². The Morgan fingerprint density at radius 1 is 0.800 bits per heavy atom. The van der Waals surface area contributed by atoms with Gasteiger partial charge < -0.3 is 24.6 Å². The molecule has 274 valence electrons. The van der Waals surface area contributed by atoms with E-state index < -0.39 is 11.0 Å². The lowest BCUT2D eigenvalue weighted by atomic mass is 10.1. The maximum absolute atomic E-state index is 13.3. The zero-order valence-corrected chi connectivity index (χ0v) is 31.8. The highest BCUT2D eigenvalue weighted by Crippen LogP contribution is 2.20. The first-order valence-electron chi connectivity index (χ1n) is 17.7. The van der Waals surface area contributed by atoms with Gasteiger partial charge in [-0.3, -0.25) is 0 Å². The Labute approximate surface area is 304 Å². The van der Waals surface area contributed by atoms with Crippen LogP contribution < -0.4 is 19.5 Å². The average Bonchev–Trinajstić information content (AvgIpc) is 3.13. The fourth-order valence-electron chi connectivity index (χ4n) is 4.67. The monoisotopic (exact) mass is 704 g/mol. The predicted octanol–water partition coefficient (Wildman–Crippen LogP) is 8.57. The van der Waals surface area contributed by atoms with E-state index in [0.717, 1.165) is 60.8 Å². The normalized spacial score (nSPS) is 12.2. The number of aryl methyl sites for hydroxylation is 1. The third kappa shape index (κ3) is 19.0. The van der Waals surface area contributed by atoms with Crippen molar-refractivity contribution in [2.75, 3.05) is 40.0 Å². The summed E-state index contributed by atoms with van der Waals surface area (Å²) >= 11 is 0. The zero-order valence-electron chi connectivity index (χ0n) is 31.0. The van der Waals surface area contributed by atoms with E-state index in [2.05, 4.69) is 62.0 Å². The molecule has 8 heteroatoms. The van der Waals surface area contributed by atoms with E-state index in [0.29, 0.717) is 19.1 Å². The van der Waals surface area contributed by atoms with E-state index in [1.807, 2.05) is 91.0 Å². The molecule has 4 aromatic carbocycles. The van der Waals surface area contributed by atoms with E-state index in [4.69, 9.17) is 19.3 Å². The Bertz CT molecular complexity index is 1380. The second-order valence-corrected chi connectivity index (χ2v) is 14.1. The number of aliphatic hydroxyl groups is 1. The molecule has 0 radical (unpaired) electrons. The Balaban J connectivity index is 0.000000843. The molecule has 0 saturated heterocycles. The van der Waals surface area contributed by atoms with Gasteiger partial charge in [0.15, 0.2) is 0 Å². The van der Waals surface area contributed by atoms with E-state index >= 15 is 0 Å². The Hall–Kier alpha value is -3.53. The van der Waals surface area contributed by atoms with Crippen LogP contribution in [0.15, 0.2) is 120 Å². The first-order valence-corrected chi connectivity index (χ1v) is 18.9. The van der Waals surface area contributed by atoms with Crippen molar-refractivity contribution in [1.29, 1.82) is 0 Å². The second kappa shape index (κ2) is 25.4. The molecule has 0 aliphatic rings. The van der Waals surface area contributed by atoms with Gasteiger partial charge in [0.05, 0.1) is 30.3 Å². The number of hydrogen-bond acceptors (Lipinski definition) is 6. The average molecular weight is 705 g/mol. The summed E-state index contributed by atoms with van der Waals surface area (Å²) < 4.78 is 33.8. The van der Waals surface area contributed by atoms with Crippen LogP contribution >= 0.6 is 0 Å². The Morgan fingerprint density at radius 2 is 1.36 bits per heavy atom. The molecular formula is C42H60N2O5S. The summed E-state index contributed by atoms with van der Waals surface area (Å²) in [7, 11) is 0.315. The molecule has 4 aromatic rings. The topological polar surface area (TPSA) is 89.1 Å². The molecule has 2 unspecified atom stereocenters. The standard InChI is InChI=1S/C34H48N2O4S.C6H6.C2H6O/c1-27(2)21-24-40-34(3,4)22-25-39-31-17-19-32(20-18-31)41(37)36-33(29-11-7-6-8-12-29)26-35-23-9-10-28-13-15-30(38-5)16-14-28;1-2-4-6-5-3-1;1-2-3/h6-8,11-20,27,33,35-36H,9-10,21-26H2,1-5H3;1-6H;3H,2H2,1H3. The second-order valence-electron chi connectivity index (χ2n) is 12.8. The highest BCUT2D eigenvalue weighted by molar-refractivity contribution is 7.83. The largest absolute Gasteiger partial charge is 0.497 e.